The fourth-order valence-electron chi connectivity index (χ4n) is 1.28. The normalized spacial score (nSPS) is 11.7. The average Bonchev–Trinajstić information content (AvgIpc) is 2.09. The van der Waals surface area contributed by atoms with Crippen LogP contribution in [0.5, 0.6) is 5.75 Å². The van der Waals surface area contributed by atoms with Crippen molar-refractivity contribution in [2.45, 2.75) is 19.4 Å². The molecule has 1 aromatic rings. The summed E-state index contributed by atoms with van der Waals surface area (Å²) >= 11 is 2.94. The van der Waals surface area contributed by atoms with Crippen molar-refractivity contribution in [2.24, 2.45) is 0 Å². The fourth-order valence-corrected chi connectivity index (χ4v) is 1.76. The van der Waals surface area contributed by atoms with Crippen LogP contribution < -0.4 is 4.74 Å². The minimum absolute atomic E-state index is 0.00326. The van der Waals surface area contributed by atoms with Crippen molar-refractivity contribution >= 4 is 15.9 Å². The maximum atomic E-state index is 13.7. The highest BCUT2D eigenvalue weighted by Crippen LogP contribution is 2.36. The summed E-state index contributed by atoms with van der Waals surface area (Å²) in [5, 5.41) is 9.60. The van der Waals surface area contributed by atoms with E-state index in [1.54, 1.807) is 0 Å². The van der Waals surface area contributed by atoms with Gasteiger partial charge in [0.25, 0.3) is 0 Å². The Kier molecular flexibility index (Phi) is 3.35. The van der Waals surface area contributed by atoms with Crippen LogP contribution in [0.1, 0.15) is 19.4 Å². The van der Waals surface area contributed by atoms with Gasteiger partial charge in [0, 0.05) is 6.07 Å². The molecule has 5 heteroatoms. The van der Waals surface area contributed by atoms with Gasteiger partial charge < -0.3 is 9.84 Å². The van der Waals surface area contributed by atoms with Crippen LogP contribution in [-0.2, 0) is 5.60 Å². The molecule has 0 spiro atoms. The number of aliphatic hydroxyl groups is 1. The van der Waals surface area contributed by atoms with Gasteiger partial charge in [0.2, 0.25) is 0 Å². The van der Waals surface area contributed by atoms with E-state index >= 15 is 0 Å². The van der Waals surface area contributed by atoms with Gasteiger partial charge in [0.05, 0.1) is 22.7 Å². The number of halogens is 3. The molecule has 15 heavy (non-hydrogen) atoms. The van der Waals surface area contributed by atoms with E-state index in [1.807, 2.05) is 0 Å². The largest absolute Gasteiger partial charge is 0.495 e. The number of hydrogen-bond acceptors (Lipinski definition) is 2. The Bertz CT molecular complexity index is 386. The zero-order valence-corrected chi connectivity index (χ0v) is 10.2. The van der Waals surface area contributed by atoms with Crippen molar-refractivity contribution in [3.63, 3.8) is 0 Å². The molecule has 0 bridgehead atoms. The van der Waals surface area contributed by atoms with Crippen molar-refractivity contribution in [3.05, 3.63) is 27.7 Å². The molecular formula is C10H11BrF2O2. The van der Waals surface area contributed by atoms with Crippen molar-refractivity contribution < 1.29 is 18.6 Å². The lowest BCUT2D eigenvalue weighted by atomic mass is 9.97. The van der Waals surface area contributed by atoms with Gasteiger partial charge in [-0.25, -0.2) is 8.78 Å². The Labute approximate surface area is 95.0 Å². The number of ether oxygens (including phenoxy) is 1. The fraction of sp³-hybridized carbons (Fsp3) is 0.400. The van der Waals surface area contributed by atoms with Gasteiger partial charge >= 0.3 is 0 Å². The first-order chi connectivity index (χ1) is 6.79. The van der Waals surface area contributed by atoms with Gasteiger partial charge in [-0.05, 0) is 29.8 Å². The molecule has 0 aliphatic rings. The third-order valence-corrected chi connectivity index (χ3v) is 2.70. The molecule has 1 N–H and O–H groups in total. The smallest absolute Gasteiger partial charge is 0.150 e. The summed E-state index contributed by atoms with van der Waals surface area (Å²) < 4.78 is 31.9. The maximum Gasteiger partial charge on any atom is 0.150 e. The molecule has 0 fully saturated rings. The molecular weight excluding hydrogens is 270 g/mol. The summed E-state index contributed by atoms with van der Waals surface area (Å²) in [7, 11) is 1.31. The predicted molar refractivity (Wildman–Crippen MR) is 55.9 cm³/mol. The molecule has 0 saturated heterocycles. The Balaban J connectivity index is 3.50. The van der Waals surface area contributed by atoms with Gasteiger partial charge in [0.1, 0.15) is 17.4 Å². The van der Waals surface area contributed by atoms with E-state index in [-0.39, 0.29) is 15.8 Å². The highest BCUT2D eigenvalue weighted by molar-refractivity contribution is 9.10. The molecule has 0 amide bonds. The monoisotopic (exact) mass is 280 g/mol. The first-order valence-corrected chi connectivity index (χ1v) is 5.02. The summed E-state index contributed by atoms with van der Waals surface area (Å²) in [5.41, 5.74) is -1.96. The summed E-state index contributed by atoms with van der Waals surface area (Å²) in [6.45, 7) is 2.63. The molecule has 0 atom stereocenters. The number of benzene rings is 1. The Morgan fingerprint density at radius 2 is 1.93 bits per heavy atom. The van der Waals surface area contributed by atoms with Crippen LogP contribution in [-0.4, -0.2) is 12.2 Å². The lowest BCUT2D eigenvalue weighted by molar-refractivity contribution is 0.0699. The van der Waals surface area contributed by atoms with E-state index in [0.29, 0.717) is 0 Å². The van der Waals surface area contributed by atoms with Crippen LogP contribution in [0.3, 0.4) is 0 Å². The van der Waals surface area contributed by atoms with Crippen molar-refractivity contribution in [3.8, 4) is 5.75 Å². The van der Waals surface area contributed by atoms with E-state index in [2.05, 4.69) is 15.9 Å². The minimum atomic E-state index is -1.58. The first kappa shape index (κ1) is 12.4. The quantitative estimate of drug-likeness (QED) is 0.844. The van der Waals surface area contributed by atoms with Gasteiger partial charge in [-0.3, -0.25) is 0 Å². The third kappa shape index (κ3) is 2.29. The van der Waals surface area contributed by atoms with E-state index < -0.39 is 17.2 Å². The van der Waals surface area contributed by atoms with Gasteiger partial charge in [0.15, 0.2) is 0 Å². The molecule has 1 rings (SSSR count). The zero-order chi connectivity index (χ0) is 11.8. The third-order valence-electron chi connectivity index (χ3n) is 1.96. The van der Waals surface area contributed by atoms with E-state index in [9.17, 15) is 13.9 Å². The Morgan fingerprint density at radius 3 is 2.33 bits per heavy atom. The van der Waals surface area contributed by atoms with Crippen molar-refractivity contribution in [1.29, 1.82) is 0 Å². The van der Waals surface area contributed by atoms with Gasteiger partial charge in [-0.2, -0.15) is 0 Å². The van der Waals surface area contributed by atoms with Crippen molar-refractivity contribution in [1.82, 2.24) is 0 Å². The van der Waals surface area contributed by atoms with Crippen molar-refractivity contribution in [2.75, 3.05) is 7.11 Å². The molecule has 0 aromatic heterocycles. The standard InChI is InChI=1S/C10H11BrF2O2/c1-10(2,14)7-5(12)4-6(15-3)8(11)9(7)13/h4,14H,1-3H3. The highest BCUT2D eigenvalue weighted by Gasteiger charge is 2.28. The van der Waals surface area contributed by atoms with Crippen LogP contribution in [0, 0.1) is 11.6 Å². The second-order valence-corrected chi connectivity index (χ2v) is 4.42. The molecule has 0 unspecified atom stereocenters. The minimum Gasteiger partial charge on any atom is -0.495 e. The molecule has 0 aliphatic heterocycles. The first-order valence-electron chi connectivity index (χ1n) is 4.23. The Morgan fingerprint density at radius 1 is 1.40 bits per heavy atom. The molecule has 0 saturated carbocycles. The maximum absolute atomic E-state index is 13.7. The highest BCUT2D eigenvalue weighted by atomic mass is 79.9. The number of hydrogen-bond donors (Lipinski definition) is 1. The number of methoxy groups -OCH3 is 1. The second-order valence-electron chi connectivity index (χ2n) is 3.62. The molecule has 0 aliphatic carbocycles. The van der Waals surface area contributed by atoms with Crippen LogP contribution in [0.2, 0.25) is 0 Å². The SMILES string of the molecule is COc1cc(F)c(C(C)(C)O)c(F)c1Br. The Hall–Kier alpha value is -0.680. The van der Waals surface area contributed by atoms with Crippen LogP contribution in [0.4, 0.5) is 8.78 Å². The van der Waals surface area contributed by atoms with E-state index in [4.69, 9.17) is 4.74 Å². The summed E-state index contributed by atoms with van der Waals surface area (Å²) in [4.78, 5) is 0. The topological polar surface area (TPSA) is 29.5 Å². The molecule has 0 heterocycles. The summed E-state index contributed by atoms with van der Waals surface area (Å²) in [6, 6.07) is 1.03. The predicted octanol–water partition coefficient (Wildman–Crippen LogP) is 2.96. The lowest BCUT2D eigenvalue weighted by Gasteiger charge is -2.20. The summed E-state index contributed by atoms with van der Waals surface area (Å²) in [6.07, 6.45) is 0. The van der Waals surface area contributed by atoms with Gasteiger partial charge in [-0.15, -0.1) is 0 Å². The molecule has 1 aromatic carbocycles. The van der Waals surface area contributed by atoms with E-state index in [1.165, 1.54) is 21.0 Å². The van der Waals surface area contributed by atoms with Crippen LogP contribution >= 0.6 is 15.9 Å². The van der Waals surface area contributed by atoms with Gasteiger partial charge in [-0.1, -0.05) is 0 Å². The van der Waals surface area contributed by atoms with E-state index in [0.717, 1.165) is 6.07 Å². The van der Waals surface area contributed by atoms with Crippen LogP contribution in [0.15, 0.2) is 10.5 Å². The lowest BCUT2D eigenvalue weighted by Crippen LogP contribution is -2.20. The molecule has 2 nitrogen and oxygen atoms in total. The second kappa shape index (κ2) is 4.06. The number of rotatable bonds is 2. The summed E-state index contributed by atoms with van der Waals surface area (Å²) in [5.74, 6) is -1.63. The molecule has 0 radical (unpaired) electrons. The van der Waals surface area contributed by atoms with Crippen LogP contribution in [0.25, 0.3) is 0 Å². The zero-order valence-electron chi connectivity index (χ0n) is 8.57. The molecule has 84 valence electrons. The average molecular weight is 281 g/mol.